The molecule has 3 saturated heterocycles. The van der Waals surface area contributed by atoms with Crippen LogP contribution in [0.1, 0.15) is 82.4 Å². The van der Waals surface area contributed by atoms with Crippen LogP contribution in [0.4, 0.5) is 23.4 Å². The monoisotopic (exact) mass is 538 g/mol. The molecule has 10 heteroatoms. The number of nitrogens with zero attached hydrogens (tertiary/aromatic N) is 2. The van der Waals surface area contributed by atoms with Crippen molar-refractivity contribution in [2.45, 2.75) is 107 Å². The highest BCUT2D eigenvalue weighted by Crippen LogP contribution is 2.44. The molecule has 0 radical (unpaired) electrons. The van der Waals surface area contributed by atoms with Gasteiger partial charge in [0.05, 0.1) is 18.0 Å². The number of carbonyl (C=O) groups excluding carboxylic acids is 1. The number of hydrogen-bond acceptors (Lipinski definition) is 6. The van der Waals surface area contributed by atoms with Gasteiger partial charge in [0.2, 0.25) is 0 Å². The lowest BCUT2D eigenvalue weighted by atomic mass is 9.78. The first-order valence-corrected chi connectivity index (χ1v) is 14.3. The quantitative estimate of drug-likeness (QED) is 0.406. The fourth-order valence-electron chi connectivity index (χ4n) is 7.54. The summed E-state index contributed by atoms with van der Waals surface area (Å²) in [5.74, 6) is -0.0921. The van der Waals surface area contributed by atoms with Crippen molar-refractivity contribution in [3.05, 3.63) is 23.9 Å². The molecule has 6 rings (SSSR count). The van der Waals surface area contributed by atoms with E-state index in [-0.39, 0.29) is 43.0 Å². The van der Waals surface area contributed by atoms with Crippen LogP contribution in [0.5, 0.6) is 0 Å². The molecule has 1 spiro atoms. The number of rotatable bonds is 4. The predicted molar refractivity (Wildman–Crippen MR) is 134 cm³/mol. The minimum Gasteiger partial charge on any atom is -0.459 e. The maximum Gasteiger partial charge on any atom is 0.391 e. The van der Waals surface area contributed by atoms with Gasteiger partial charge in [-0.15, -0.1) is 0 Å². The smallest absolute Gasteiger partial charge is 0.391 e. The Morgan fingerprint density at radius 3 is 2.45 bits per heavy atom. The Morgan fingerprint density at radius 2 is 1.76 bits per heavy atom. The number of halogens is 4. The summed E-state index contributed by atoms with van der Waals surface area (Å²) >= 11 is 0. The van der Waals surface area contributed by atoms with Crippen molar-refractivity contribution >= 4 is 11.8 Å². The first kappa shape index (κ1) is 26.3. The lowest BCUT2D eigenvalue weighted by Crippen LogP contribution is -2.44. The zero-order valence-electron chi connectivity index (χ0n) is 21.7. The van der Waals surface area contributed by atoms with Crippen LogP contribution < -0.4 is 15.5 Å². The van der Waals surface area contributed by atoms with E-state index in [2.05, 4.69) is 20.5 Å². The zero-order valence-corrected chi connectivity index (χ0v) is 21.7. The molecular weight excluding hydrogens is 500 g/mol. The van der Waals surface area contributed by atoms with Crippen LogP contribution in [-0.2, 0) is 9.53 Å². The summed E-state index contributed by atoms with van der Waals surface area (Å²) in [7, 11) is 0. The van der Waals surface area contributed by atoms with E-state index in [1.165, 1.54) is 0 Å². The molecule has 0 amide bonds. The number of anilines is 1. The van der Waals surface area contributed by atoms with Crippen molar-refractivity contribution in [1.82, 2.24) is 15.6 Å². The molecule has 4 unspecified atom stereocenters. The van der Waals surface area contributed by atoms with Crippen molar-refractivity contribution in [2.24, 2.45) is 17.8 Å². The molecule has 1 aromatic heterocycles. The number of esters is 1. The van der Waals surface area contributed by atoms with Gasteiger partial charge < -0.3 is 9.64 Å². The summed E-state index contributed by atoms with van der Waals surface area (Å²) < 4.78 is 59.0. The van der Waals surface area contributed by atoms with Gasteiger partial charge in [-0.3, -0.25) is 15.4 Å². The molecule has 0 aromatic carbocycles. The van der Waals surface area contributed by atoms with Gasteiger partial charge in [-0.25, -0.2) is 9.37 Å². The SMILES string of the molecule is O=C1OC2(CCN(c3ccc(C4NC5CCC(C(F)(F)F)CC5N4)cn3)CC2)C[C@H]1CC1CCC(F)CC1. The number of carbonyl (C=O) groups is 1. The number of alkyl halides is 4. The number of nitrogens with one attached hydrogen (secondary N) is 2. The Bertz CT molecular complexity index is 990. The van der Waals surface area contributed by atoms with E-state index in [0.717, 1.165) is 63.0 Å². The Kier molecular flexibility index (Phi) is 7.08. The molecular formula is C28H38F4N4O2. The Balaban J connectivity index is 1.01. The molecule has 2 aliphatic carbocycles. The third-order valence-electron chi connectivity index (χ3n) is 9.84. The van der Waals surface area contributed by atoms with E-state index in [1.54, 1.807) is 6.20 Å². The molecule has 0 bridgehead atoms. The predicted octanol–water partition coefficient (Wildman–Crippen LogP) is 5.19. The fraction of sp³-hybridized carbons (Fsp3) is 0.786. The lowest BCUT2D eigenvalue weighted by Gasteiger charge is -2.38. The summed E-state index contributed by atoms with van der Waals surface area (Å²) in [6.07, 6.45) is 3.70. The molecule has 4 heterocycles. The first-order chi connectivity index (χ1) is 18.2. The zero-order chi connectivity index (χ0) is 26.5. The summed E-state index contributed by atoms with van der Waals surface area (Å²) in [6, 6.07) is 3.83. The Hall–Kier alpha value is -1.94. The summed E-state index contributed by atoms with van der Waals surface area (Å²) in [6.45, 7) is 1.50. The van der Waals surface area contributed by atoms with Crippen molar-refractivity contribution in [3.8, 4) is 0 Å². The largest absolute Gasteiger partial charge is 0.459 e. The van der Waals surface area contributed by atoms with Crippen molar-refractivity contribution < 1.29 is 27.1 Å². The molecule has 5 aliphatic rings. The van der Waals surface area contributed by atoms with Crippen LogP contribution >= 0.6 is 0 Å². The molecule has 2 N–H and O–H groups in total. The van der Waals surface area contributed by atoms with Crippen molar-refractivity contribution in [2.75, 3.05) is 18.0 Å². The highest BCUT2D eigenvalue weighted by atomic mass is 19.4. The summed E-state index contributed by atoms with van der Waals surface area (Å²) in [5.41, 5.74) is 0.534. The van der Waals surface area contributed by atoms with Crippen molar-refractivity contribution in [3.63, 3.8) is 0 Å². The number of ether oxygens (including phenoxy) is 1. The van der Waals surface area contributed by atoms with Crippen LogP contribution in [0, 0.1) is 17.8 Å². The molecule has 2 saturated carbocycles. The third-order valence-corrected chi connectivity index (χ3v) is 9.84. The lowest BCUT2D eigenvalue weighted by molar-refractivity contribution is -0.183. The van der Waals surface area contributed by atoms with Crippen LogP contribution in [0.15, 0.2) is 18.3 Å². The number of aromatic nitrogens is 1. The van der Waals surface area contributed by atoms with E-state index >= 15 is 0 Å². The number of pyridine rings is 1. The van der Waals surface area contributed by atoms with Gasteiger partial charge in [0.25, 0.3) is 0 Å². The van der Waals surface area contributed by atoms with Crippen LogP contribution in [-0.4, -0.2) is 54.1 Å². The molecule has 38 heavy (non-hydrogen) atoms. The van der Waals surface area contributed by atoms with Crippen LogP contribution in [0.25, 0.3) is 0 Å². The van der Waals surface area contributed by atoms with E-state index in [0.29, 0.717) is 25.2 Å². The minimum absolute atomic E-state index is 0.0493. The van der Waals surface area contributed by atoms with E-state index < -0.39 is 23.9 Å². The first-order valence-electron chi connectivity index (χ1n) is 14.3. The standard InChI is InChI=1S/C28H38F4N4O2/c29-21-5-1-17(2-6-21)13-19-15-27(38-26(19)37)9-11-36(12-10-27)24-8-3-18(16-33-24)25-34-22-7-4-20(28(30,31)32)14-23(22)35-25/h3,8,16-17,19-23,25,34-35H,1-2,4-7,9-15H2/t17?,19-,20?,21?,22?,23?,25?/m1/s1. The van der Waals surface area contributed by atoms with E-state index in [1.807, 2.05) is 12.1 Å². The van der Waals surface area contributed by atoms with Gasteiger partial charge in [-0.2, -0.15) is 13.2 Å². The van der Waals surface area contributed by atoms with E-state index in [4.69, 9.17) is 4.74 Å². The highest BCUT2D eigenvalue weighted by Gasteiger charge is 2.49. The molecule has 3 aliphatic heterocycles. The van der Waals surface area contributed by atoms with Crippen LogP contribution in [0.2, 0.25) is 0 Å². The molecule has 6 nitrogen and oxygen atoms in total. The highest BCUT2D eigenvalue weighted by molar-refractivity contribution is 5.75. The van der Waals surface area contributed by atoms with Gasteiger partial charge >= 0.3 is 12.1 Å². The molecule has 5 atom stereocenters. The Morgan fingerprint density at radius 1 is 1.03 bits per heavy atom. The van der Waals surface area contributed by atoms with Gasteiger partial charge in [0, 0.05) is 56.2 Å². The second kappa shape index (κ2) is 10.2. The number of piperidine rings is 1. The topological polar surface area (TPSA) is 66.5 Å². The minimum atomic E-state index is -4.13. The molecule has 1 aromatic rings. The molecule has 210 valence electrons. The maximum atomic E-state index is 13.5. The van der Waals surface area contributed by atoms with Gasteiger partial charge in [0.1, 0.15) is 17.6 Å². The van der Waals surface area contributed by atoms with Gasteiger partial charge in [-0.1, -0.05) is 6.07 Å². The second-order valence-electron chi connectivity index (χ2n) is 12.3. The number of fused-ring (bicyclic) bond motifs is 1. The number of hydrogen-bond donors (Lipinski definition) is 2. The maximum absolute atomic E-state index is 13.5. The fourth-order valence-corrected chi connectivity index (χ4v) is 7.54. The summed E-state index contributed by atoms with van der Waals surface area (Å²) in [4.78, 5) is 19.6. The van der Waals surface area contributed by atoms with Crippen LogP contribution in [0.3, 0.4) is 0 Å². The normalized spacial score (nSPS) is 37.3. The summed E-state index contributed by atoms with van der Waals surface area (Å²) in [5, 5.41) is 6.80. The van der Waals surface area contributed by atoms with Gasteiger partial charge in [0.15, 0.2) is 0 Å². The average Bonchev–Trinajstić information content (AvgIpc) is 3.46. The van der Waals surface area contributed by atoms with E-state index in [9.17, 15) is 22.4 Å². The average molecular weight is 539 g/mol. The third kappa shape index (κ3) is 5.40. The van der Waals surface area contributed by atoms with Gasteiger partial charge in [-0.05, 0) is 63.4 Å². The molecule has 5 fully saturated rings. The second-order valence-corrected chi connectivity index (χ2v) is 12.3. The van der Waals surface area contributed by atoms with Crippen molar-refractivity contribution in [1.29, 1.82) is 0 Å². The Labute approximate surface area is 221 Å².